The zero-order chi connectivity index (χ0) is 15.5. The van der Waals surface area contributed by atoms with Crippen LogP contribution < -0.4 is 10.6 Å². The summed E-state index contributed by atoms with van der Waals surface area (Å²) in [5, 5.41) is 26.4. The van der Waals surface area contributed by atoms with Gasteiger partial charge in [-0.05, 0) is 17.8 Å². The number of hydrogen-bond donors (Lipinski definition) is 3. The number of aromatic nitrogens is 2. The quantitative estimate of drug-likeness (QED) is 0.449. The van der Waals surface area contributed by atoms with Crippen molar-refractivity contribution in [3.63, 3.8) is 0 Å². The third-order valence-electron chi connectivity index (χ3n) is 2.89. The maximum atomic E-state index is 11.2. The molecular weight excluding hydrogens is 306 g/mol. The molecule has 0 radical (unpaired) electrons. The zero-order valence-corrected chi connectivity index (χ0v) is 11.8. The second kappa shape index (κ2) is 5.74. The normalized spacial score (nSPS) is 14.6. The maximum absolute atomic E-state index is 11.2. The van der Waals surface area contributed by atoms with Crippen LogP contribution in [0.3, 0.4) is 0 Å². The van der Waals surface area contributed by atoms with Gasteiger partial charge in [0.25, 0.3) is 5.69 Å². The SMILES string of the molecule is N#C/N=C1\CNc2cc([N+](=O)[O-])c(Sc3ncc[nH]3)cc2N1. The van der Waals surface area contributed by atoms with Gasteiger partial charge in [-0.2, -0.15) is 10.3 Å². The molecule has 1 aromatic heterocycles. The monoisotopic (exact) mass is 315 g/mol. The average Bonchev–Trinajstić information content (AvgIpc) is 2.99. The topological polar surface area (TPSA) is 132 Å². The molecule has 0 saturated heterocycles. The smallest absolute Gasteiger partial charge is 0.285 e. The fourth-order valence-corrected chi connectivity index (χ4v) is 2.82. The fraction of sp³-hybridized carbons (Fsp3) is 0.0833. The van der Waals surface area contributed by atoms with Crippen molar-refractivity contribution < 1.29 is 4.92 Å². The largest absolute Gasteiger partial charge is 0.376 e. The van der Waals surface area contributed by atoms with E-state index in [1.165, 1.54) is 6.07 Å². The van der Waals surface area contributed by atoms with Crippen LogP contribution in [0.5, 0.6) is 0 Å². The zero-order valence-electron chi connectivity index (χ0n) is 11.0. The van der Waals surface area contributed by atoms with E-state index in [4.69, 9.17) is 5.26 Å². The number of hydrogen-bond acceptors (Lipinski definition) is 7. The highest BCUT2D eigenvalue weighted by Gasteiger charge is 2.23. The Morgan fingerprint density at radius 3 is 3.00 bits per heavy atom. The van der Waals surface area contributed by atoms with Gasteiger partial charge < -0.3 is 15.6 Å². The van der Waals surface area contributed by atoms with E-state index in [-0.39, 0.29) is 5.69 Å². The molecule has 0 saturated carbocycles. The number of nitriles is 1. The number of rotatable bonds is 3. The number of aromatic amines is 1. The predicted octanol–water partition coefficient (Wildman–Crippen LogP) is 2.19. The van der Waals surface area contributed by atoms with Crippen molar-refractivity contribution >= 4 is 34.7 Å². The first kappa shape index (κ1) is 13.9. The molecular formula is C12H9N7O2S. The molecule has 0 spiro atoms. The van der Waals surface area contributed by atoms with Crippen LogP contribution in [0.4, 0.5) is 17.1 Å². The molecule has 0 aliphatic carbocycles. The second-order valence-electron chi connectivity index (χ2n) is 4.26. The van der Waals surface area contributed by atoms with Crippen molar-refractivity contribution in [1.29, 1.82) is 5.26 Å². The molecule has 3 N–H and O–H groups in total. The summed E-state index contributed by atoms with van der Waals surface area (Å²) in [7, 11) is 0. The van der Waals surface area contributed by atoms with Gasteiger partial charge in [0.2, 0.25) is 6.19 Å². The van der Waals surface area contributed by atoms with Crippen molar-refractivity contribution in [2.24, 2.45) is 4.99 Å². The Kier molecular flexibility index (Phi) is 3.63. The first-order valence-corrected chi connectivity index (χ1v) is 6.95. The number of nitro benzene ring substituents is 1. The minimum absolute atomic E-state index is 0.0184. The number of aliphatic imine (C=N–C) groups is 1. The third kappa shape index (κ3) is 2.70. The van der Waals surface area contributed by atoms with Gasteiger partial charge in [-0.3, -0.25) is 10.1 Å². The van der Waals surface area contributed by atoms with Crippen molar-refractivity contribution in [3.05, 3.63) is 34.6 Å². The van der Waals surface area contributed by atoms with E-state index < -0.39 is 4.92 Å². The molecule has 0 bridgehead atoms. The van der Waals surface area contributed by atoms with Gasteiger partial charge in [0.05, 0.1) is 27.7 Å². The second-order valence-corrected chi connectivity index (χ2v) is 5.29. The summed E-state index contributed by atoms with van der Waals surface area (Å²) in [6.07, 6.45) is 4.92. The minimum atomic E-state index is -0.438. The average molecular weight is 315 g/mol. The van der Waals surface area contributed by atoms with Crippen LogP contribution >= 0.6 is 11.8 Å². The summed E-state index contributed by atoms with van der Waals surface area (Å²) in [6.45, 7) is 0.308. The number of nitrogens with one attached hydrogen (secondary N) is 3. The third-order valence-corrected chi connectivity index (χ3v) is 3.85. The van der Waals surface area contributed by atoms with Crippen LogP contribution in [0.25, 0.3) is 0 Å². The number of fused-ring (bicyclic) bond motifs is 1. The van der Waals surface area contributed by atoms with E-state index in [2.05, 4.69) is 25.6 Å². The van der Waals surface area contributed by atoms with Crippen molar-refractivity contribution in [2.75, 3.05) is 17.2 Å². The van der Waals surface area contributed by atoms with Crippen LogP contribution in [0.2, 0.25) is 0 Å². The molecule has 0 fully saturated rings. The molecule has 22 heavy (non-hydrogen) atoms. The van der Waals surface area contributed by atoms with Crippen molar-refractivity contribution in [3.8, 4) is 6.19 Å². The summed E-state index contributed by atoms with van der Waals surface area (Å²) >= 11 is 1.16. The number of benzene rings is 1. The van der Waals surface area contributed by atoms with Gasteiger partial charge >= 0.3 is 0 Å². The number of anilines is 2. The Labute approximate surface area is 128 Å². The highest BCUT2D eigenvalue weighted by Crippen LogP contribution is 2.40. The number of nitrogens with zero attached hydrogens (tertiary/aromatic N) is 4. The van der Waals surface area contributed by atoms with Crippen LogP contribution in [-0.4, -0.2) is 27.3 Å². The summed E-state index contributed by atoms with van der Waals surface area (Å²) in [5.74, 6) is 0.456. The highest BCUT2D eigenvalue weighted by atomic mass is 32.2. The van der Waals surface area contributed by atoms with Gasteiger partial charge in [-0.25, -0.2) is 4.98 Å². The van der Waals surface area contributed by atoms with Crippen LogP contribution in [0.15, 0.2) is 39.6 Å². The molecule has 0 amide bonds. The molecule has 1 aliphatic rings. The molecule has 110 valence electrons. The standard InChI is InChI=1S/C12H9N7O2S/c13-6-17-11-5-16-7-3-9(19(20)21)10(4-8(7)18-11)22-12-14-1-2-15-12/h1-4,16H,5H2,(H,14,15)(H,17,18). The summed E-state index contributed by atoms with van der Waals surface area (Å²) in [5.41, 5.74) is 1.20. The summed E-state index contributed by atoms with van der Waals surface area (Å²) in [6, 6.07) is 3.09. The van der Waals surface area contributed by atoms with Crippen LogP contribution in [0.1, 0.15) is 0 Å². The van der Waals surface area contributed by atoms with E-state index in [1.807, 2.05) is 0 Å². The van der Waals surface area contributed by atoms with Crippen LogP contribution in [0, 0.1) is 21.6 Å². The Hall–Kier alpha value is -3.06. The lowest BCUT2D eigenvalue weighted by atomic mass is 10.2. The van der Waals surface area contributed by atoms with Gasteiger partial charge in [0, 0.05) is 18.5 Å². The van der Waals surface area contributed by atoms with Gasteiger partial charge in [-0.1, -0.05) is 0 Å². The summed E-state index contributed by atoms with van der Waals surface area (Å²) in [4.78, 5) is 21.8. The lowest BCUT2D eigenvalue weighted by molar-refractivity contribution is -0.387. The molecule has 0 atom stereocenters. The first-order chi connectivity index (χ1) is 10.7. The Morgan fingerprint density at radius 1 is 1.45 bits per heavy atom. The molecule has 9 nitrogen and oxygen atoms in total. The number of amidine groups is 1. The van der Waals surface area contributed by atoms with E-state index in [1.54, 1.807) is 24.7 Å². The lowest BCUT2D eigenvalue weighted by Gasteiger charge is -2.21. The molecule has 2 heterocycles. The Bertz CT molecular complexity index is 795. The van der Waals surface area contributed by atoms with Gasteiger partial charge in [0.15, 0.2) is 5.16 Å². The van der Waals surface area contributed by atoms with Crippen LogP contribution in [-0.2, 0) is 0 Å². The summed E-state index contributed by atoms with van der Waals surface area (Å²) < 4.78 is 0. The number of H-pyrrole nitrogens is 1. The van der Waals surface area contributed by atoms with Crippen molar-refractivity contribution in [2.45, 2.75) is 10.1 Å². The molecule has 1 aromatic carbocycles. The van der Waals surface area contributed by atoms with E-state index in [0.29, 0.717) is 33.8 Å². The lowest BCUT2D eigenvalue weighted by Crippen LogP contribution is -2.27. The van der Waals surface area contributed by atoms with E-state index in [0.717, 1.165) is 11.8 Å². The fourth-order valence-electron chi connectivity index (χ4n) is 1.96. The Morgan fingerprint density at radius 2 is 2.32 bits per heavy atom. The van der Waals surface area contributed by atoms with Gasteiger partial charge in [-0.15, -0.1) is 0 Å². The van der Waals surface area contributed by atoms with Crippen molar-refractivity contribution in [1.82, 2.24) is 9.97 Å². The predicted molar refractivity (Wildman–Crippen MR) is 81.0 cm³/mol. The van der Waals surface area contributed by atoms with Gasteiger partial charge in [0.1, 0.15) is 5.84 Å². The minimum Gasteiger partial charge on any atom is -0.376 e. The molecule has 1 aliphatic heterocycles. The molecule has 2 aromatic rings. The molecule has 0 unspecified atom stereocenters. The van der Waals surface area contributed by atoms with E-state index in [9.17, 15) is 10.1 Å². The molecule has 3 rings (SSSR count). The maximum Gasteiger partial charge on any atom is 0.285 e. The molecule has 10 heteroatoms. The highest BCUT2D eigenvalue weighted by molar-refractivity contribution is 7.99. The van der Waals surface area contributed by atoms with E-state index >= 15 is 0 Å². The first-order valence-electron chi connectivity index (χ1n) is 6.13. The number of imidazole rings is 1. The Balaban J connectivity index is 2.01. The number of nitro groups is 1.